The Bertz CT molecular complexity index is 656. The van der Waals surface area contributed by atoms with Gasteiger partial charge in [0.15, 0.2) is 0 Å². The van der Waals surface area contributed by atoms with Gasteiger partial charge in [-0.15, -0.1) is 0 Å². The average Bonchev–Trinajstić information content (AvgIpc) is 2.59. The molecule has 1 heterocycles. The lowest BCUT2D eigenvalue weighted by Crippen LogP contribution is -2.32. The van der Waals surface area contributed by atoms with E-state index in [1.54, 1.807) is 12.3 Å². The number of carbonyl (C=O) groups excluding carboxylic acids is 1. The SMILES string of the molecule is Cc1ccc(OCc2cccc(C(=O)NC(C)CCCO)c2)cn1. The lowest BCUT2D eigenvalue weighted by Gasteiger charge is -2.14. The summed E-state index contributed by atoms with van der Waals surface area (Å²) < 4.78 is 5.69. The van der Waals surface area contributed by atoms with E-state index in [1.807, 2.05) is 44.2 Å². The van der Waals surface area contributed by atoms with Crippen molar-refractivity contribution in [2.24, 2.45) is 0 Å². The Morgan fingerprint density at radius 2 is 2.17 bits per heavy atom. The third kappa shape index (κ3) is 5.66. The highest BCUT2D eigenvalue weighted by Gasteiger charge is 2.10. The molecule has 2 aromatic rings. The van der Waals surface area contributed by atoms with E-state index in [0.717, 1.165) is 17.7 Å². The Hall–Kier alpha value is -2.40. The van der Waals surface area contributed by atoms with Crippen molar-refractivity contribution in [2.75, 3.05) is 6.61 Å². The molecule has 24 heavy (non-hydrogen) atoms. The molecule has 0 aliphatic heterocycles. The number of carbonyl (C=O) groups is 1. The minimum atomic E-state index is -0.112. The van der Waals surface area contributed by atoms with Gasteiger partial charge >= 0.3 is 0 Å². The number of benzene rings is 1. The maximum atomic E-state index is 12.3. The lowest BCUT2D eigenvalue weighted by molar-refractivity contribution is 0.0936. The quantitative estimate of drug-likeness (QED) is 0.781. The summed E-state index contributed by atoms with van der Waals surface area (Å²) in [7, 11) is 0. The van der Waals surface area contributed by atoms with Gasteiger partial charge in [-0.3, -0.25) is 9.78 Å². The molecule has 0 bridgehead atoms. The zero-order valence-electron chi connectivity index (χ0n) is 14.2. The maximum absolute atomic E-state index is 12.3. The Kier molecular flexibility index (Phi) is 6.75. The summed E-state index contributed by atoms with van der Waals surface area (Å²) in [6.45, 7) is 4.38. The fourth-order valence-electron chi connectivity index (χ4n) is 2.29. The zero-order chi connectivity index (χ0) is 17.4. The predicted octanol–water partition coefficient (Wildman–Crippen LogP) is 2.86. The van der Waals surface area contributed by atoms with Crippen molar-refractivity contribution in [2.45, 2.75) is 39.3 Å². The van der Waals surface area contributed by atoms with Crippen LogP contribution in [0.1, 0.15) is 41.4 Å². The van der Waals surface area contributed by atoms with Crippen LogP contribution in [-0.4, -0.2) is 28.6 Å². The van der Waals surface area contributed by atoms with Crippen LogP contribution in [0.3, 0.4) is 0 Å². The molecule has 5 nitrogen and oxygen atoms in total. The number of pyridine rings is 1. The van der Waals surface area contributed by atoms with Gasteiger partial charge in [0.05, 0.1) is 6.20 Å². The normalized spacial score (nSPS) is 11.8. The predicted molar refractivity (Wildman–Crippen MR) is 93.0 cm³/mol. The molecule has 2 N–H and O–H groups in total. The van der Waals surface area contributed by atoms with Crippen molar-refractivity contribution in [1.82, 2.24) is 10.3 Å². The summed E-state index contributed by atoms with van der Waals surface area (Å²) in [5.41, 5.74) is 2.47. The van der Waals surface area contributed by atoms with Crippen LogP contribution >= 0.6 is 0 Å². The Morgan fingerprint density at radius 1 is 1.33 bits per heavy atom. The Balaban J connectivity index is 1.92. The van der Waals surface area contributed by atoms with Crippen molar-refractivity contribution in [3.63, 3.8) is 0 Å². The summed E-state index contributed by atoms with van der Waals surface area (Å²) in [5.74, 6) is 0.590. The number of hydrogen-bond donors (Lipinski definition) is 2. The van der Waals surface area contributed by atoms with Gasteiger partial charge in [-0.05, 0) is 56.5 Å². The van der Waals surface area contributed by atoms with E-state index in [4.69, 9.17) is 9.84 Å². The first-order valence-corrected chi connectivity index (χ1v) is 8.14. The third-order valence-electron chi connectivity index (χ3n) is 3.65. The first-order chi connectivity index (χ1) is 11.6. The number of nitrogens with zero attached hydrogens (tertiary/aromatic N) is 1. The van der Waals surface area contributed by atoms with E-state index < -0.39 is 0 Å². The minimum Gasteiger partial charge on any atom is -0.487 e. The Morgan fingerprint density at radius 3 is 2.88 bits per heavy atom. The molecule has 1 aromatic heterocycles. The molecule has 1 atom stereocenters. The molecule has 5 heteroatoms. The second-order valence-corrected chi connectivity index (χ2v) is 5.86. The number of aliphatic hydroxyl groups is 1. The summed E-state index contributed by atoms with van der Waals surface area (Å²) in [6.07, 6.45) is 3.13. The number of aromatic nitrogens is 1. The fraction of sp³-hybridized carbons (Fsp3) is 0.368. The molecule has 128 valence electrons. The fourth-order valence-corrected chi connectivity index (χ4v) is 2.29. The van der Waals surface area contributed by atoms with E-state index in [0.29, 0.717) is 24.3 Å². The number of nitrogens with one attached hydrogen (secondary N) is 1. The van der Waals surface area contributed by atoms with Crippen molar-refractivity contribution >= 4 is 5.91 Å². The molecule has 0 saturated carbocycles. The van der Waals surface area contributed by atoms with Crippen LogP contribution in [0, 0.1) is 6.92 Å². The highest BCUT2D eigenvalue weighted by molar-refractivity contribution is 5.94. The molecule has 1 unspecified atom stereocenters. The van der Waals surface area contributed by atoms with E-state index >= 15 is 0 Å². The van der Waals surface area contributed by atoms with Crippen LogP contribution in [0.25, 0.3) is 0 Å². The smallest absolute Gasteiger partial charge is 0.251 e. The second kappa shape index (κ2) is 9.03. The average molecular weight is 328 g/mol. The van der Waals surface area contributed by atoms with Crippen molar-refractivity contribution in [1.29, 1.82) is 0 Å². The Labute approximate surface area is 142 Å². The molecular formula is C19H24N2O3. The van der Waals surface area contributed by atoms with Gasteiger partial charge in [0.25, 0.3) is 5.91 Å². The van der Waals surface area contributed by atoms with Gasteiger partial charge in [-0.1, -0.05) is 12.1 Å². The second-order valence-electron chi connectivity index (χ2n) is 5.86. The van der Waals surface area contributed by atoms with Crippen molar-refractivity contribution < 1.29 is 14.6 Å². The molecule has 0 saturated heterocycles. The first-order valence-electron chi connectivity index (χ1n) is 8.14. The molecule has 0 aliphatic rings. The highest BCUT2D eigenvalue weighted by Crippen LogP contribution is 2.13. The summed E-state index contributed by atoms with van der Waals surface area (Å²) in [5, 5.41) is 11.8. The van der Waals surface area contributed by atoms with E-state index in [-0.39, 0.29) is 18.6 Å². The molecule has 0 aliphatic carbocycles. The number of amides is 1. The van der Waals surface area contributed by atoms with Gasteiger partial charge in [-0.2, -0.15) is 0 Å². The minimum absolute atomic E-state index is 0.0307. The van der Waals surface area contributed by atoms with Crippen LogP contribution in [0.4, 0.5) is 0 Å². The number of ether oxygens (including phenoxy) is 1. The maximum Gasteiger partial charge on any atom is 0.251 e. The molecule has 1 amide bonds. The molecule has 0 fully saturated rings. The van der Waals surface area contributed by atoms with Crippen LogP contribution in [0.2, 0.25) is 0 Å². The topological polar surface area (TPSA) is 71.5 Å². The van der Waals surface area contributed by atoms with Crippen molar-refractivity contribution in [3.05, 3.63) is 59.4 Å². The van der Waals surface area contributed by atoms with Gasteiger partial charge < -0.3 is 15.2 Å². The van der Waals surface area contributed by atoms with E-state index in [2.05, 4.69) is 10.3 Å². The molecule has 1 aromatic carbocycles. The summed E-state index contributed by atoms with van der Waals surface area (Å²) in [4.78, 5) is 16.4. The van der Waals surface area contributed by atoms with Gasteiger partial charge in [0.2, 0.25) is 0 Å². The monoisotopic (exact) mass is 328 g/mol. The zero-order valence-corrected chi connectivity index (χ0v) is 14.2. The van der Waals surface area contributed by atoms with Gasteiger partial charge in [0.1, 0.15) is 12.4 Å². The standard InChI is InChI=1S/C19H24N2O3/c1-14-8-9-18(12-20-14)24-13-16-6-3-7-17(11-16)19(23)21-15(2)5-4-10-22/h3,6-9,11-12,15,22H,4-5,10,13H2,1-2H3,(H,21,23). The van der Waals surface area contributed by atoms with Crippen LogP contribution in [0.5, 0.6) is 5.75 Å². The number of aryl methyl sites for hydroxylation is 1. The largest absolute Gasteiger partial charge is 0.487 e. The van der Waals surface area contributed by atoms with Gasteiger partial charge in [-0.25, -0.2) is 0 Å². The van der Waals surface area contributed by atoms with E-state index in [9.17, 15) is 4.79 Å². The molecule has 0 spiro atoms. The van der Waals surface area contributed by atoms with Crippen molar-refractivity contribution in [3.8, 4) is 5.75 Å². The highest BCUT2D eigenvalue weighted by atomic mass is 16.5. The van der Waals surface area contributed by atoms with Crippen LogP contribution in [0.15, 0.2) is 42.6 Å². The lowest BCUT2D eigenvalue weighted by atomic mass is 10.1. The first kappa shape index (κ1) is 17.9. The third-order valence-corrected chi connectivity index (χ3v) is 3.65. The van der Waals surface area contributed by atoms with Crippen LogP contribution < -0.4 is 10.1 Å². The number of rotatable bonds is 8. The molecular weight excluding hydrogens is 304 g/mol. The van der Waals surface area contributed by atoms with E-state index in [1.165, 1.54) is 0 Å². The summed E-state index contributed by atoms with van der Waals surface area (Å²) in [6, 6.07) is 11.2. The van der Waals surface area contributed by atoms with Crippen LogP contribution in [-0.2, 0) is 6.61 Å². The molecule has 2 rings (SSSR count). The summed E-state index contributed by atoms with van der Waals surface area (Å²) >= 11 is 0. The number of hydrogen-bond acceptors (Lipinski definition) is 4. The number of aliphatic hydroxyl groups excluding tert-OH is 1. The molecule has 0 radical (unpaired) electrons. The van der Waals surface area contributed by atoms with Gasteiger partial charge in [0, 0.05) is 23.9 Å².